The van der Waals surface area contributed by atoms with E-state index < -0.39 is 10.0 Å². The van der Waals surface area contributed by atoms with Gasteiger partial charge in [0.15, 0.2) is 5.03 Å². The molecule has 2 aliphatic rings. The molecule has 1 fully saturated rings. The summed E-state index contributed by atoms with van der Waals surface area (Å²) in [7, 11) is -1.89. The van der Waals surface area contributed by atoms with Crippen molar-refractivity contribution in [3.8, 4) is 0 Å². The van der Waals surface area contributed by atoms with Crippen molar-refractivity contribution in [3.05, 3.63) is 39.7 Å². The van der Waals surface area contributed by atoms with E-state index >= 15 is 0 Å². The first-order valence-corrected chi connectivity index (χ1v) is 11.4. The summed E-state index contributed by atoms with van der Waals surface area (Å²) in [6, 6.07) is 1.38. The van der Waals surface area contributed by atoms with Crippen LogP contribution < -0.4 is 5.56 Å². The van der Waals surface area contributed by atoms with Crippen LogP contribution in [0.2, 0.25) is 0 Å². The van der Waals surface area contributed by atoms with Crippen LogP contribution in [0.3, 0.4) is 0 Å². The Morgan fingerprint density at radius 2 is 2.04 bits per heavy atom. The topological polar surface area (TPSA) is 90.1 Å². The number of imidazole rings is 1. The molecular weight excluding hydrogens is 378 g/mol. The molecule has 2 aromatic heterocycles. The van der Waals surface area contributed by atoms with Crippen molar-refractivity contribution in [2.45, 2.75) is 69.5 Å². The second kappa shape index (κ2) is 7.11. The third-order valence-electron chi connectivity index (χ3n) is 5.71. The minimum absolute atomic E-state index is 0.0832. The SMILES string of the molecule is CC(C)c1nc(S(=O)(=O)N2CCCC2Cn2nc3c(cc2=O)CCC3)cn1C. The maximum atomic E-state index is 13.2. The van der Waals surface area contributed by atoms with Gasteiger partial charge in [-0.1, -0.05) is 13.8 Å². The van der Waals surface area contributed by atoms with Crippen molar-refractivity contribution >= 4 is 10.0 Å². The zero-order valence-corrected chi connectivity index (χ0v) is 17.4. The molecule has 0 saturated carbocycles. The van der Waals surface area contributed by atoms with Crippen LogP contribution in [0.5, 0.6) is 0 Å². The van der Waals surface area contributed by atoms with Crippen LogP contribution in [0, 0.1) is 0 Å². The van der Waals surface area contributed by atoms with Crippen LogP contribution in [0.4, 0.5) is 0 Å². The van der Waals surface area contributed by atoms with Crippen LogP contribution in [-0.4, -0.2) is 44.6 Å². The highest BCUT2D eigenvalue weighted by molar-refractivity contribution is 7.89. The highest BCUT2D eigenvalue weighted by Gasteiger charge is 2.37. The fourth-order valence-corrected chi connectivity index (χ4v) is 5.99. The van der Waals surface area contributed by atoms with Gasteiger partial charge in [0, 0.05) is 37.8 Å². The quantitative estimate of drug-likeness (QED) is 0.751. The zero-order valence-electron chi connectivity index (χ0n) is 16.6. The van der Waals surface area contributed by atoms with Crippen molar-refractivity contribution in [2.75, 3.05) is 6.54 Å². The van der Waals surface area contributed by atoms with Gasteiger partial charge in [0.1, 0.15) is 5.82 Å². The lowest BCUT2D eigenvalue weighted by Crippen LogP contribution is -2.40. The van der Waals surface area contributed by atoms with Crippen molar-refractivity contribution in [2.24, 2.45) is 7.05 Å². The van der Waals surface area contributed by atoms with E-state index in [2.05, 4.69) is 10.1 Å². The van der Waals surface area contributed by atoms with Gasteiger partial charge in [-0.3, -0.25) is 4.79 Å². The molecule has 0 radical (unpaired) electrons. The number of nitrogens with zero attached hydrogens (tertiary/aromatic N) is 5. The summed E-state index contributed by atoms with van der Waals surface area (Å²) in [6.07, 6.45) is 5.88. The van der Waals surface area contributed by atoms with Gasteiger partial charge in [0.2, 0.25) is 0 Å². The molecule has 0 spiro atoms. The standard InChI is InChI=1S/C19H27N5O3S/c1-13(2)19-20-17(12-22(19)3)28(26,27)24-9-5-7-15(24)11-23-18(25)10-14-6-4-8-16(14)21-23/h10,12-13,15H,4-9,11H2,1-3H3. The molecule has 4 rings (SSSR count). The Labute approximate surface area is 165 Å². The number of hydrogen-bond donors (Lipinski definition) is 0. The van der Waals surface area contributed by atoms with Crippen LogP contribution in [0.1, 0.15) is 56.1 Å². The van der Waals surface area contributed by atoms with E-state index in [9.17, 15) is 13.2 Å². The van der Waals surface area contributed by atoms with Gasteiger partial charge >= 0.3 is 0 Å². The summed E-state index contributed by atoms with van der Waals surface area (Å²) in [6.45, 7) is 4.71. The molecule has 1 atom stereocenters. The van der Waals surface area contributed by atoms with E-state index in [0.29, 0.717) is 13.0 Å². The number of aromatic nitrogens is 4. The lowest BCUT2D eigenvalue weighted by atomic mass is 10.2. The van der Waals surface area contributed by atoms with Gasteiger partial charge in [-0.05, 0) is 37.7 Å². The van der Waals surface area contributed by atoms with Crippen LogP contribution in [0.25, 0.3) is 0 Å². The molecule has 0 aromatic carbocycles. The lowest BCUT2D eigenvalue weighted by Gasteiger charge is -2.23. The molecule has 1 saturated heterocycles. The average molecular weight is 406 g/mol. The Morgan fingerprint density at radius 3 is 2.75 bits per heavy atom. The lowest BCUT2D eigenvalue weighted by molar-refractivity contribution is 0.333. The Balaban J connectivity index is 1.62. The smallest absolute Gasteiger partial charge is 0.267 e. The Kier molecular flexibility index (Phi) is 4.91. The molecule has 0 bridgehead atoms. The number of sulfonamides is 1. The first-order valence-electron chi connectivity index (χ1n) is 9.92. The fraction of sp³-hybridized carbons (Fsp3) is 0.632. The molecule has 1 aliphatic carbocycles. The minimum Gasteiger partial charge on any atom is -0.336 e. The molecule has 3 heterocycles. The van der Waals surface area contributed by atoms with Gasteiger partial charge in [-0.25, -0.2) is 18.1 Å². The molecule has 152 valence electrons. The molecular formula is C19H27N5O3S. The van der Waals surface area contributed by atoms with E-state index in [1.807, 2.05) is 20.9 Å². The van der Waals surface area contributed by atoms with Crippen molar-refractivity contribution in [1.29, 1.82) is 0 Å². The second-order valence-corrected chi connectivity index (χ2v) is 9.94. The third-order valence-corrected chi connectivity index (χ3v) is 7.53. The van der Waals surface area contributed by atoms with Gasteiger partial charge in [0.05, 0.1) is 12.2 Å². The second-order valence-electron chi connectivity index (χ2n) is 8.10. The average Bonchev–Trinajstić information content (AvgIpc) is 3.34. The van der Waals surface area contributed by atoms with E-state index in [1.165, 1.54) is 8.99 Å². The normalized spacial score (nSPS) is 20.2. The predicted molar refractivity (Wildman–Crippen MR) is 105 cm³/mol. The summed E-state index contributed by atoms with van der Waals surface area (Å²) < 4.78 is 31.2. The monoisotopic (exact) mass is 405 g/mol. The van der Waals surface area contributed by atoms with E-state index in [0.717, 1.165) is 42.8 Å². The van der Waals surface area contributed by atoms with Gasteiger partial charge < -0.3 is 4.57 Å². The van der Waals surface area contributed by atoms with Gasteiger partial charge in [-0.2, -0.15) is 9.40 Å². The van der Waals surface area contributed by atoms with Crippen molar-refractivity contribution in [3.63, 3.8) is 0 Å². The molecule has 28 heavy (non-hydrogen) atoms. The third kappa shape index (κ3) is 3.30. The first kappa shape index (κ1) is 19.3. The van der Waals surface area contributed by atoms with E-state index in [1.54, 1.807) is 16.8 Å². The molecule has 1 unspecified atom stereocenters. The zero-order chi connectivity index (χ0) is 20.1. The van der Waals surface area contributed by atoms with E-state index in [4.69, 9.17) is 0 Å². The number of hydrogen-bond acceptors (Lipinski definition) is 5. The molecule has 2 aromatic rings. The summed E-state index contributed by atoms with van der Waals surface area (Å²) >= 11 is 0. The molecule has 0 amide bonds. The Hall–Kier alpha value is -2.00. The van der Waals surface area contributed by atoms with Gasteiger partial charge in [0.25, 0.3) is 15.6 Å². The molecule has 9 heteroatoms. The van der Waals surface area contributed by atoms with Crippen LogP contribution in [0.15, 0.2) is 22.1 Å². The van der Waals surface area contributed by atoms with Crippen molar-refractivity contribution < 1.29 is 8.42 Å². The Morgan fingerprint density at radius 1 is 1.25 bits per heavy atom. The minimum atomic E-state index is -3.71. The summed E-state index contributed by atoms with van der Waals surface area (Å²) in [5, 5.41) is 4.59. The highest BCUT2D eigenvalue weighted by Crippen LogP contribution is 2.27. The summed E-state index contributed by atoms with van der Waals surface area (Å²) in [4.78, 5) is 16.8. The number of fused-ring (bicyclic) bond motifs is 1. The maximum Gasteiger partial charge on any atom is 0.267 e. The molecule has 8 nitrogen and oxygen atoms in total. The number of aryl methyl sites for hydroxylation is 3. The summed E-state index contributed by atoms with van der Waals surface area (Å²) in [5.41, 5.74) is 1.86. The molecule has 1 aliphatic heterocycles. The van der Waals surface area contributed by atoms with E-state index in [-0.39, 0.29) is 29.1 Å². The maximum absolute atomic E-state index is 13.2. The number of rotatable bonds is 5. The predicted octanol–water partition coefficient (Wildman–Crippen LogP) is 1.44. The fourth-order valence-electron chi connectivity index (χ4n) is 4.31. The molecule has 0 N–H and O–H groups in total. The van der Waals surface area contributed by atoms with Crippen molar-refractivity contribution in [1.82, 2.24) is 23.6 Å². The largest absolute Gasteiger partial charge is 0.336 e. The van der Waals surface area contributed by atoms with Crippen LogP contribution in [-0.2, 0) is 36.5 Å². The summed E-state index contributed by atoms with van der Waals surface area (Å²) in [5.74, 6) is 0.878. The first-order chi connectivity index (χ1) is 13.3. The van der Waals surface area contributed by atoms with Gasteiger partial charge in [-0.15, -0.1) is 0 Å². The Bertz CT molecular complexity index is 1050. The highest BCUT2D eigenvalue weighted by atomic mass is 32.2. The van der Waals surface area contributed by atoms with Crippen LogP contribution >= 0.6 is 0 Å².